The SMILES string of the molecule is CN(C(=O)NN)c1cccc(Br)c1. The lowest BCUT2D eigenvalue weighted by atomic mass is 10.3. The van der Waals surface area contributed by atoms with Gasteiger partial charge in [-0.2, -0.15) is 0 Å². The van der Waals surface area contributed by atoms with Crippen LogP contribution in [0.3, 0.4) is 0 Å². The fourth-order valence-corrected chi connectivity index (χ4v) is 1.29. The van der Waals surface area contributed by atoms with Crippen LogP contribution in [0.25, 0.3) is 0 Å². The fourth-order valence-electron chi connectivity index (χ4n) is 0.899. The van der Waals surface area contributed by atoms with Crippen molar-refractivity contribution >= 4 is 27.6 Å². The highest BCUT2D eigenvalue weighted by Gasteiger charge is 2.07. The summed E-state index contributed by atoms with van der Waals surface area (Å²) in [6.45, 7) is 0. The predicted molar refractivity (Wildman–Crippen MR) is 55.3 cm³/mol. The molecule has 13 heavy (non-hydrogen) atoms. The fraction of sp³-hybridized carbons (Fsp3) is 0.125. The van der Waals surface area contributed by atoms with E-state index in [0.717, 1.165) is 10.2 Å². The first-order chi connectivity index (χ1) is 6.15. The van der Waals surface area contributed by atoms with Gasteiger partial charge in [0.25, 0.3) is 0 Å². The van der Waals surface area contributed by atoms with E-state index >= 15 is 0 Å². The first-order valence-electron chi connectivity index (χ1n) is 3.65. The van der Waals surface area contributed by atoms with Gasteiger partial charge in [-0.05, 0) is 18.2 Å². The monoisotopic (exact) mass is 243 g/mol. The van der Waals surface area contributed by atoms with Gasteiger partial charge in [0, 0.05) is 17.2 Å². The maximum Gasteiger partial charge on any atom is 0.335 e. The molecular formula is C8H10BrN3O. The molecule has 2 amide bonds. The van der Waals surface area contributed by atoms with E-state index in [1.54, 1.807) is 7.05 Å². The van der Waals surface area contributed by atoms with Crippen LogP contribution in [0.15, 0.2) is 28.7 Å². The molecule has 0 radical (unpaired) electrons. The van der Waals surface area contributed by atoms with Gasteiger partial charge in [-0.3, -0.25) is 10.3 Å². The molecule has 4 nitrogen and oxygen atoms in total. The number of hydrogen-bond acceptors (Lipinski definition) is 2. The highest BCUT2D eigenvalue weighted by Crippen LogP contribution is 2.18. The minimum absolute atomic E-state index is 0.349. The second-order valence-corrected chi connectivity index (χ2v) is 3.40. The molecule has 0 fully saturated rings. The Morgan fingerprint density at radius 3 is 2.85 bits per heavy atom. The van der Waals surface area contributed by atoms with Gasteiger partial charge in [-0.15, -0.1) is 0 Å². The molecular weight excluding hydrogens is 234 g/mol. The molecule has 1 aromatic rings. The molecule has 3 N–H and O–H groups in total. The molecule has 0 saturated heterocycles. The Labute approximate surface area is 84.8 Å². The Kier molecular flexibility index (Phi) is 3.27. The van der Waals surface area contributed by atoms with Gasteiger partial charge in [0.15, 0.2) is 0 Å². The summed E-state index contributed by atoms with van der Waals surface area (Å²) in [6.07, 6.45) is 0. The van der Waals surface area contributed by atoms with Crippen LogP contribution in [0.2, 0.25) is 0 Å². The highest BCUT2D eigenvalue weighted by molar-refractivity contribution is 9.10. The number of carbonyl (C=O) groups excluding carboxylic acids is 1. The van der Waals surface area contributed by atoms with E-state index < -0.39 is 0 Å². The minimum atomic E-state index is -0.349. The standard InChI is InChI=1S/C8H10BrN3O/c1-12(8(13)11-10)7-4-2-3-6(9)5-7/h2-5H,10H2,1H3,(H,11,13). The third-order valence-corrected chi connectivity index (χ3v) is 2.12. The van der Waals surface area contributed by atoms with Gasteiger partial charge in [0.05, 0.1) is 0 Å². The average Bonchev–Trinajstić information content (AvgIpc) is 2.15. The van der Waals surface area contributed by atoms with Gasteiger partial charge in [-0.25, -0.2) is 10.6 Å². The van der Waals surface area contributed by atoms with Gasteiger partial charge >= 0.3 is 6.03 Å². The van der Waals surface area contributed by atoms with Crippen LogP contribution in [0, 0.1) is 0 Å². The molecule has 0 aliphatic carbocycles. The maximum atomic E-state index is 11.1. The van der Waals surface area contributed by atoms with E-state index in [4.69, 9.17) is 5.84 Å². The lowest BCUT2D eigenvalue weighted by Gasteiger charge is -2.16. The van der Waals surface area contributed by atoms with E-state index in [1.165, 1.54) is 4.90 Å². The van der Waals surface area contributed by atoms with Gasteiger partial charge in [0.2, 0.25) is 0 Å². The Morgan fingerprint density at radius 1 is 1.62 bits per heavy atom. The number of nitrogens with two attached hydrogens (primary N) is 1. The van der Waals surface area contributed by atoms with Crippen molar-refractivity contribution in [3.05, 3.63) is 28.7 Å². The summed E-state index contributed by atoms with van der Waals surface area (Å²) in [5.41, 5.74) is 2.83. The third kappa shape index (κ3) is 2.43. The topological polar surface area (TPSA) is 58.4 Å². The van der Waals surface area contributed by atoms with Crippen LogP contribution in [0.5, 0.6) is 0 Å². The summed E-state index contributed by atoms with van der Waals surface area (Å²) >= 11 is 3.31. The molecule has 0 spiro atoms. The minimum Gasteiger partial charge on any atom is -0.296 e. The number of halogens is 1. The second-order valence-electron chi connectivity index (χ2n) is 2.49. The quantitative estimate of drug-likeness (QED) is 0.446. The van der Waals surface area contributed by atoms with Crippen molar-refractivity contribution in [1.29, 1.82) is 0 Å². The van der Waals surface area contributed by atoms with Crippen LogP contribution in [0.4, 0.5) is 10.5 Å². The molecule has 0 aliphatic heterocycles. The van der Waals surface area contributed by atoms with E-state index in [2.05, 4.69) is 21.4 Å². The highest BCUT2D eigenvalue weighted by atomic mass is 79.9. The molecule has 5 heteroatoms. The number of anilines is 1. The number of amides is 2. The molecule has 0 unspecified atom stereocenters. The number of carbonyl (C=O) groups is 1. The summed E-state index contributed by atoms with van der Waals surface area (Å²) in [7, 11) is 1.64. The zero-order chi connectivity index (χ0) is 9.84. The largest absolute Gasteiger partial charge is 0.335 e. The molecule has 0 aliphatic rings. The predicted octanol–water partition coefficient (Wildman–Crippen LogP) is 1.47. The molecule has 1 aromatic carbocycles. The van der Waals surface area contributed by atoms with Crippen molar-refractivity contribution < 1.29 is 4.79 Å². The van der Waals surface area contributed by atoms with Crippen molar-refractivity contribution in [3.8, 4) is 0 Å². The molecule has 0 saturated carbocycles. The summed E-state index contributed by atoms with van der Waals surface area (Å²) < 4.78 is 0.918. The normalized spacial score (nSPS) is 9.46. The lowest BCUT2D eigenvalue weighted by molar-refractivity contribution is 0.247. The first-order valence-corrected chi connectivity index (χ1v) is 4.44. The average molecular weight is 244 g/mol. The second kappa shape index (κ2) is 4.25. The number of benzene rings is 1. The number of hydrogen-bond donors (Lipinski definition) is 2. The van der Waals surface area contributed by atoms with Crippen LogP contribution in [-0.4, -0.2) is 13.1 Å². The summed E-state index contributed by atoms with van der Waals surface area (Å²) in [4.78, 5) is 12.5. The van der Waals surface area contributed by atoms with Crippen molar-refractivity contribution in [2.24, 2.45) is 5.84 Å². The third-order valence-electron chi connectivity index (χ3n) is 1.62. The van der Waals surface area contributed by atoms with Crippen LogP contribution >= 0.6 is 15.9 Å². The van der Waals surface area contributed by atoms with Crippen LogP contribution in [-0.2, 0) is 0 Å². The van der Waals surface area contributed by atoms with Crippen molar-refractivity contribution in [2.45, 2.75) is 0 Å². The molecule has 0 aromatic heterocycles. The Hall–Kier alpha value is -1.07. The molecule has 0 heterocycles. The van der Waals surface area contributed by atoms with Gasteiger partial charge in [-0.1, -0.05) is 22.0 Å². The van der Waals surface area contributed by atoms with E-state index in [-0.39, 0.29) is 6.03 Å². The van der Waals surface area contributed by atoms with E-state index in [9.17, 15) is 4.79 Å². The summed E-state index contributed by atoms with van der Waals surface area (Å²) in [5, 5.41) is 0. The molecule has 0 atom stereocenters. The molecule has 0 bridgehead atoms. The molecule has 70 valence electrons. The zero-order valence-electron chi connectivity index (χ0n) is 7.12. The van der Waals surface area contributed by atoms with E-state index in [0.29, 0.717) is 0 Å². The Bertz CT molecular complexity index is 316. The van der Waals surface area contributed by atoms with Crippen molar-refractivity contribution in [1.82, 2.24) is 5.43 Å². The lowest BCUT2D eigenvalue weighted by Crippen LogP contribution is -2.41. The summed E-state index contributed by atoms with van der Waals surface area (Å²) in [5.74, 6) is 5.00. The number of urea groups is 1. The number of nitrogens with zero attached hydrogens (tertiary/aromatic N) is 1. The van der Waals surface area contributed by atoms with Crippen molar-refractivity contribution in [3.63, 3.8) is 0 Å². The van der Waals surface area contributed by atoms with Gasteiger partial charge < -0.3 is 0 Å². The van der Waals surface area contributed by atoms with E-state index in [1.807, 2.05) is 24.3 Å². The summed E-state index contributed by atoms with van der Waals surface area (Å²) in [6, 6.07) is 7.03. The Morgan fingerprint density at radius 2 is 2.31 bits per heavy atom. The Balaban J connectivity index is 2.88. The van der Waals surface area contributed by atoms with Crippen molar-refractivity contribution in [2.75, 3.05) is 11.9 Å². The molecule has 1 rings (SSSR count). The van der Waals surface area contributed by atoms with Crippen LogP contribution < -0.4 is 16.2 Å². The van der Waals surface area contributed by atoms with Gasteiger partial charge in [0.1, 0.15) is 0 Å². The maximum absolute atomic E-state index is 11.1. The number of nitrogens with one attached hydrogen (secondary N) is 1. The zero-order valence-corrected chi connectivity index (χ0v) is 8.71. The number of hydrazine groups is 1. The smallest absolute Gasteiger partial charge is 0.296 e. The number of rotatable bonds is 1. The van der Waals surface area contributed by atoms with Crippen LogP contribution in [0.1, 0.15) is 0 Å². The first kappa shape index (κ1) is 10.0.